The Morgan fingerprint density at radius 1 is 1.33 bits per heavy atom. The van der Waals surface area contributed by atoms with Crippen molar-refractivity contribution in [1.82, 2.24) is 0 Å². The fourth-order valence-corrected chi connectivity index (χ4v) is 1.49. The van der Waals surface area contributed by atoms with E-state index in [0.717, 1.165) is 0 Å². The van der Waals surface area contributed by atoms with Crippen molar-refractivity contribution in [3.8, 4) is 0 Å². The summed E-state index contributed by atoms with van der Waals surface area (Å²) in [5.41, 5.74) is 0. The zero-order valence-electron chi connectivity index (χ0n) is 6.45. The first kappa shape index (κ1) is 10.1. The molecule has 1 aliphatic carbocycles. The fourth-order valence-electron chi connectivity index (χ4n) is 1.49. The number of carbonyl (C=O) groups excluding carboxylic acids is 2. The minimum atomic E-state index is -0.374. The van der Waals surface area contributed by atoms with Crippen LogP contribution in [0.25, 0.3) is 0 Å². The van der Waals surface area contributed by atoms with Gasteiger partial charge >= 0.3 is 11.9 Å². The van der Waals surface area contributed by atoms with Crippen LogP contribution < -0.4 is 0 Å². The van der Waals surface area contributed by atoms with Crippen LogP contribution in [0, 0.1) is 17.9 Å². The van der Waals surface area contributed by atoms with Gasteiger partial charge in [0.25, 0.3) is 0 Å². The molecule has 3 nitrogen and oxygen atoms in total. The maximum Gasteiger partial charge on any atom is 0.317 e. The van der Waals surface area contributed by atoms with Gasteiger partial charge in [-0.25, -0.2) is 0 Å². The average Bonchev–Trinajstić information content (AvgIpc) is 2.30. The molecule has 2 atom stereocenters. The molecule has 1 saturated heterocycles. The Bertz CT molecular complexity index is 223. The minimum absolute atomic E-state index is 0. The van der Waals surface area contributed by atoms with E-state index in [-0.39, 0.29) is 56.5 Å². The molecular formula is C8H7O3Y-. The number of fused-ring (bicyclic) bond motifs is 1. The Morgan fingerprint density at radius 3 is 2.67 bits per heavy atom. The largest absolute Gasteiger partial charge is 0.500 e. The van der Waals surface area contributed by atoms with E-state index in [1.807, 2.05) is 0 Å². The van der Waals surface area contributed by atoms with Gasteiger partial charge in [0.15, 0.2) is 0 Å². The number of hydrogen-bond donors (Lipinski definition) is 0. The van der Waals surface area contributed by atoms with Gasteiger partial charge in [0.1, 0.15) is 0 Å². The molecule has 12 heavy (non-hydrogen) atoms. The molecule has 1 heterocycles. The summed E-state index contributed by atoms with van der Waals surface area (Å²) in [6.45, 7) is 0. The van der Waals surface area contributed by atoms with E-state index in [1.54, 1.807) is 6.08 Å². The third-order valence-corrected chi connectivity index (χ3v) is 2.15. The minimum Gasteiger partial charge on any atom is -0.500 e. The van der Waals surface area contributed by atoms with Crippen LogP contribution in [0.4, 0.5) is 0 Å². The number of ether oxygens (including phenoxy) is 1. The van der Waals surface area contributed by atoms with Gasteiger partial charge in [0.2, 0.25) is 0 Å². The van der Waals surface area contributed by atoms with Gasteiger partial charge in [0.05, 0.1) is 5.92 Å². The Balaban J connectivity index is 0.000000720. The molecule has 2 unspecified atom stereocenters. The number of rotatable bonds is 0. The predicted octanol–water partition coefficient (Wildman–Crippen LogP) is 0.453. The van der Waals surface area contributed by atoms with Crippen LogP contribution in [0.3, 0.4) is 0 Å². The normalized spacial score (nSPS) is 32.3. The Hall–Kier alpha value is -0.0161. The maximum atomic E-state index is 10.9. The van der Waals surface area contributed by atoms with Gasteiger partial charge in [-0.2, -0.15) is 6.42 Å². The van der Waals surface area contributed by atoms with Crippen molar-refractivity contribution in [2.24, 2.45) is 11.8 Å². The monoisotopic (exact) mass is 240 g/mol. The molecule has 2 rings (SSSR count). The number of hydrogen-bond acceptors (Lipinski definition) is 3. The quantitative estimate of drug-likeness (QED) is 0.351. The third kappa shape index (κ3) is 1.53. The standard InChI is InChI=1S/C8H7O3.Y/c9-7-5-3-1-2-4-6(5)8(10)11-7;/h1,5-6H,3-4H2;/q-1;. The van der Waals surface area contributed by atoms with Crippen molar-refractivity contribution in [2.75, 3.05) is 0 Å². The second-order valence-electron chi connectivity index (χ2n) is 2.80. The first-order valence-corrected chi connectivity index (χ1v) is 3.59. The molecule has 0 saturated carbocycles. The number of esters is 2. The fraction of sp³-hybridized carbons (Fsp3) is 0.500. The Morgan fingerprint density at radius 2 is 2.00 bits per heavy atom. The summed E-state index contributed by atoms with van der Waals surface area (Å²) in [6, 6.07) is 0. The molecule has 1 fully saturated rings. The molecule has 1 aliphatic heterocycles. The van der Waals surface area contributed by atoms with Gasteiger partial charge < -0.3 is 10.8 Å². The molecule has 0 bridgehead atoms. The van der Waals surface area contributed by atoms with Gasteiger partial charge in [-0.05, 0) is 0 Å². The predicted molar refractivity (Wildman–Crippen MR) is 35.1 cm³/mol. The van der Waals surface area contributed by atoms with Gasteiger partial charge in [-0.3, -0.25) is 15.7 Å². The molecule has 0 spiro atoms. The molecule has 1 radical (unpaired) electrons. The van der Waals surface area contributed by atoms with Crippen molar-refractivity contribution >= 4 is 11.9 Å². The van der Waals surface area contributed by atoms with Crippen molar-refractivity contribution in [3.63, 3.8) is 0 Å². The van der Waals surface area contributed by atoms with Crippen molar-refractivity contribution in [2.45, 2.75) is 12.8 Å². The SMILES string of the molecule is O=C1OC(=O)C2CC=[C-]CC12.[Y]. The first-order chi connectivity index (χ1) is 5.29. The van der Waals surface area contributed by atoms with Crippen molar-refractivity contribution < 1.29 is 47.0 Å². The van der Waals surface area contributed by atoms with Crippen LogP contribution in [0.1, 0.15) is 12.8 Å². The van der Waals surface area contributed by atoms with Gasteiger partial charge in [0, 0.05) is 38.6 Å². The maximum absolute atomic E-state index is 10.9. The second-order valence-corrected chi connectivity index (χ2v) is 2.80. The first-order valence-electron chi connectivity index (χ1n) is 3.59. The summed E-state index contributed by atoms with van der Waals surface area (Å²) in [6.07, 6.45) is 5.88. The van der Waals surface area contributed by atoms with Crippen LogP contribution >= 0.6 is 0 Å². The van der Waals surface area contributed by atoms with E-state index < -0.39 is 0 Å². The zero-order valence-corrected chi connectivity index (χ0v) is 9.29. The summed E-state index contributed by atoms with van der Waals surface area (Å²) < 4.78 is 4.47. The summed E-state index contributed by atoms with van der Waals surface area (Å²) in [5.74, 6) is -1.20. The molecule has 0 amide bonds. The zero-order chi connectivity index (χ0) is 7.84. The van der Waals surface area contributed by atoms with E-state index in [0.29, 0.717) is 12.8 Å². The van der Waals surface area contributed by atoms with E-state index in [1.165, 1.54) is 0 Å². The van der Waals surface area contributed by atoms with Crippen LogP contribution in [0.2, 0.25) is 0 Å². The van der Waals surface area contributed by atoms with Crippen LogP contribution in [-0.4, -0.2) is 11.9 Å². The molecule has 0 aromatic rings. The van der Waals surface area contributed by atoms with E-state index in [4.69, 9.17) is 0 Å². The van der Waals surface area contributed by atoms with Crippen LogP contribution in [-0.2, 0) is 47.0 Å². The third-order valence-electron chi connectivity index (χ3n) is 2.15. The van der Waals surface area contributed by atoms with Crippen LogP contribution in [0.15, 0.2) is 6.08 Å². The summed E-state index contributed by atoms with van der Waals surface area (Å²) >= 11 is 0. The van der Waals surface area contributed by atoms with Crippen molar-refractivity contribution in [1.29, 1.82) is 0 Å². The molecule has 0 aromatic carbocycles. The van der Waals surface area contributed by atoms with E-state index >= 15 is 0 Å². The summed E-state index contributed by atoms with van der Waals surface area (Å²) in [4.78, 5) is 21.9. The molecule has 0 N–H and O–H groups in total. The molecule has 0 aromatic heterocycles. The van der Waals surface area contributed by atoms with Crippen molar-refractivity contribution in [3.05, 3.63) is 12.2 Å². The smallest absolute Gasteiger partial charge is 0.317 e. The number of carbonyl (C=O) groups is 2. The second kappa shape index (κ2) is 3.80. The Kier molecular flexibility index (Phi) is 3.18. The van der Waals surface area contributed by atoms with Crippen LogP contribution in [0.5, 0.6) is 0 Å². The molecule has 4 heteroatoms. The topological polar surface area (TPSA) is 43.4 Å². The number of cyclic esters (lactones) is 2. The summed E-state index contributed by atoms with van der Waals surface area (Å²) in [5, 5.41) is 0. The Labute approximate surface area is 95.4 Å². The van der Waals surface area contributed by atoms with E-state index in [2.05, 4.69) is 10.8 Å². The number of allylic oxidation sites excluding steroid dienone is 2. The van der Waals surface area contributed by atoms with E-state index in [9.17, 15) is 9.59 Å². The summed E-state index contributed by atoms with van der Waals surface area (Å²) in [7, 11) is 0. The van der Waals surface area contributed by atoms with Gasteiger partial charge in [-0.1, -0.05) is 6.42 Å². The molecule has 61 valence electrons. The molecular weight excluding hydrogens is 233 g/mol. The van der Waals surface area contributed by atoms with Gasteiger partial charge in [-0.15, -0.1) is 0 Å². The molecule has 2 aliphatic rings. The average molecular weight is 240 g/mol.